The fourth-order valence-electron chi connectivity index (χ4n) is 3.68. The normalized spacial score (nSPS) is 11.4. The molecule has 0 radical (unpaired) electrons. The number of nitrogens with zero attached hydrogens (tertiary/aromatic N) is 5. The highest BCUT2D eigenvalue weighted by atomic mass is 32.1. The van der Waals surface area contributed by atoms with E-state index in [1.807, 2.05) is 35.2 Å². The van der Waals surface area contributed by atoms with Gasteiger partial charge in [-0.2, -0.15) is 9.61 Å². The average molecular weight is 482 g/mol. The number of rotatable bonds is 8. The van der Waals surface area contributed by atoms with Crippen molar-refractivity contribution in [3.8, 4) is 0 Å². The number of nitrogen functional groups attached to an aromatic ring is 1. The van der Waals surface area contributed by atoms with Crippen LogP contribution in [0.4, 0.5) is 11.5 Å². The van der Waals surface area contributed by atoms with E-state index in [1.165, 1.54) is 26.5 Å². The molecule has 0 amide bonds. The van der Waals surface area contributed by atoms with E-state index in [0.29, 0.717) is 28.1 Å². The number of aromatic amines is 1. The molecule has 178 valence electrons. The van der Waals surface area contributed by atoms with Gasteiger partial charge in [-0.05, 0) is 24.8 Å². The van der Waals surface area contributed by atoms with Gasteiger partial charge in [0.1, 0.15) is 16.5 Å². The van der Waals surface area contributed by atoms with Crippen LogP contribution in [0.25, 0.3) is 4.96 Å². The maximum absolute atomic E-state index is 12.9. The maximum Gasteiger partial charge on any atom is 0.330 e. The zero-order valence-corrected chi connectivity index (χ0v) is 20.1. The third kappa shape index (κ3) is 4.93. The van der Waals surface area contributed by atoms with Crippen molar-refractivity contribution >= 4 is 27.8 Å². The highest BCUT2D eigenvalue weighted by molar-refractivity contribution is 7.16. The summed E-state index contributed by atoms with van der Waals surface area (Å²) >= 11 is 1.28. The average Bonchev–Trinajstić information content (AvgIpc) is 3.18. The van der Waals surface area contributed by atoms with Crippen LogP contribution in [0.1, 0.15) is 36.5 Å². The number of anilines is 2. The molecule has 0 fully saturated rings. The summed E-state index contributed by atoms with van der Waals surface area (Å²) in [7, 11) is 0. The van der Waals surface area contributed by atoms with Crippen molar-refractivity contribution < 1.29 is 0 Å². The van der Waals surface area contributed by atoms with E-state index in [1.54, 1.807) is 6.92 Å². The molecule has 0 saturated carbocycles. The van der Waals surface area contributed by atoms with Gasteiger partial charge in [0.05, 0.1) is 13.1 Å². The Labute approximate surface area is 199 Å². The topological polar surface area (TPSA) is 131 Å². The van der Waals surface area contributed by atoms with Gasteiger partial charge in [-0.1, -0.05) is 55.5 Å². The summed E-state index contributed by atoms with van der Waals surface area (Å²) in [5, 5.41) is 5.02. The van der Waals surface area contributed by atoms with Crippen LogP contribution in [0.5, 0.6) is 0 Å². The molecule has 0 atom stereocenters. The fourth-order valence-corrected chi connectivity index (χ4v) is 4.64. The third-order valence-corrected chi connectivity index (χ3v) is 6.32. The Kier molecular flexibility index (Phi) is 6.64. The summed E-state index contributed by atoms with van der Waals surface area (Å²) in [5.41, 5.74) is 6.77. The van der Waals surface area contributed by atoms with Crippen LogP contribution in [-0.4, -0.2) is 30.7 Å². The Hall–Kier alpha value is -3.73. The number of fused-ring (bicyclic) bond motifs is 1. The molecule has 1 aromatic carbocycles. The molecule has 4 rings (SSSR count). The molecule has 11 heteroatoms. The van der Waals surface area contributed by atoms with Gasteiger partial charge in [-0.3, -0.25) is 19.1 Å². The quantitative estimate of drug-likeness (QED) is 0.393. The lowest BCUT2D eigenvalue weighted by atomic mass is 10.1. The lowest BCUT2D eigenvalue weighted by molar-refractivity contribution is 0.567. The van der Waals surface area contributed by atoms with E-state index >= 15 is 0 Å². The predicted molar refractivity (Wildman–Crippen MR) is 134 cm³/mol. The number of aryl methyl sites for hydroxylation is 1. The second-order valence-electron chi connectivity index (χ2n) is 8.59. The van der Waals surface area contributed by atoms with Crippen LogP contribution in [0.15, 0.2) is 50.8 Å². The fraction of sp³-hybridized carbons (Fsp3) is 0.348. The number of benzene rings is 1. The number of nitrogens with one attached hydrogen (secondary N) is 1. The van der Waals surface area contributed by atoms with Gasteiger partial charge in [0.25, 0.3) is 11.1 Å². The molecule has 0 aliphatic carbocycles. The summed E-state index contributed by atoms with van der Waals surface area (Å²) in [6.45, 7) is 6.93. The minimum absolute atomic E-state index is 0.0913. The van der Waals surface area contributed by atoms with Crippen LogP contribution >= 0.6 is 11.3 Å². The second-order valence-corrected chi connectivity index (χ2v) is 9.64. The molecule has 4 aromatic rings. The van der Waals surface area contributed by atoms with Crippen LogP contribution in [0.3, 0.4) is 0 Å². The smallest absolute Gasteiger partial charge is 0.330 e. The molecule has 10 nitrogen and oxygen atoms in total. The lowest BCUT2D eigenvalue weighted by Gasteiger charge is -2.26. The van der Waals surface area contributed by atoms with Gasteiger partial charge < -0.3 is 10.6 Å². The standard InChI is InChI=1S/C23H27N7O3S/c1-14(2)9-10-28(13-17-27-30-18(31)11-15(3)25-23(30)34-17)19-20(24)29(22(33)26-21(19)32)12-16-7-5-4-6-8-16/h4-8,11,14H,9-10,12-13,24H2,1-3H3,(H,26,32,33). The van der Waals surface area contributed by atoms with E-state index in [4.69, 9.17) is 5.73 Å². The van der Waals surface area contributed by atoms with E-state index in [9.17, 15) is 14.4 Å². The summed E-state index contributed by atoms with van der Waals surface area (Å²) < 4.78 is 2.62. The third-order valence-electron chi connectivity index (χ3n) is 5.43. The Morgan fingerprint density at radius 2 is 1.91 bits per heavy atom. The first-order valence-corrected chi connectivity index (χ1v) is 11.8. The molecule has 0 aliphatic rings. The van der Waals surface area contributed by atoms with Gasteiger partial charge >= 0.3 is 5.69 Å². The number of aromatic nitrogens is 5. The maximum atomic E-state index is 12.9. The van der Waals surface area contributed by atoms with Crippen LogP contribution in [-0.2, 0) is 13.1 Å². The van der Waals surface area contributed by atoms with Crippen molar-refractivity contribution in [2.24, 2.45) is 5.92 Å². The summed E-state index contributed by atoms with van der Waals surface area (Å²) in [4.78, 5) is 46.9. The van der Waals surface area contributed by atoms with Crippen molar-refractivity contribution in [2.75, 3.05) is 17.2 Å². The van der Waals surface area contributed by atoms with Crippen molar-refractivity contribution in [1.29, 1.82) is 0 Å². The molecule has 3 N–H and O–H groups in total. The van der Waals surface area contributed by atoms with E-state index in [2.05, 4.69) is 28.9 Å². The van der Waals surface area contributed by atoms with Gasteiger partial charge in [0, 0.05) is 18.3 Å². The van der Waals surface area contributed by atoms with Crippen molar-refractivity contribution in [2.45, 2.75) is 40.3 Å². The molecule has 3 heterocycles. The first kappa shape index (κ1) is 23.4. The molecule has 3 aromatic heterocycles. The molecule has 0 unspecified atom stereocenters. The number of hydrogen-bond donors (Lipinski definition) is 2. The minimum Gasteiger partial charge on any atom is -0.383 e. The first-order valence-electron chi connectivity index (χ1n) is 11.0. The summed E-state index contributed by atoms with van der Waals surface area (Å²) in [6.07, 6.45) is 0.791. The number of nitrogens with two attached hydrogens (primary N) is 1. The molecular weight excluding hydrogens is 454 g/mol. The van der Waals surface area contributed by atoms with Crippen LogP contribution < -0.4 is 27.4 Å². The van der Waals surface area contributed by atoms with Crippen molar-refractivity contribution in [3.63, 3.8) is 0 Å². The zero-order valence-electron chi connectivity index (χ0n) is 19.3. The second kappa shape index (κ2) is 9.64. The highest BCUT2D eigenvalue weighted by Gasteiger charge is 2.21. The summed E-state index contributed by atoms with van der Waals surface area (Å²) in [5.74, 6) is 0.467. The minimum atomic E-state index is -0.565. The Bertz CT molecular complexity index is 1480. The van der Waals surface area contributed by atoms with Crippen molar-refractivity contribution in [3.05, 3.63) is 83.9 Å². The van der Waals surface area contributed by atoms with Crippen molar-refractivity contribution in [1.82, 2.24) is 24.1 Å². The van der Waals surface area contributed by atoms with Gasteiger partial charge in [0.2, 0.25) is 4.96 Å². The molecule has 0 spiro atoms. The van der Waals surface area contributed by atoms with E-state index in [0.717, 1.165) is 12.0 Å². The van der Waals surface area contributed by atoms with E-state index in [-0.39, 0.29) is 30.2 Å². The Morgan fingerprint density at radius 3 is 2.62 bits per heavy atom. The predicted octanol–water partition coefficient (Wildman–Crippen LogP) is 1.99. The van der Waals surface area contributed by atoms with E-state index < -0.39 is 11.2 Å². The molecule has 0 aliphatic heterocycles. The van der Waals surface area contributed by atoms with Gasteiger partial charge in [-0.25, -0.2) is 9.78 Å². The first-order chi connectivity index (χ1) is 16.2. The van der Waals surface area contributed by atoms with Gasteiger partial charge in [0.15, 0.2) is 0 Å². The van der Waals surface area contributed by atoms with Gasteiger partial charge in [-0.15, -0.1) is 0 Å². The molecule has 0 bridgehead atoms. The monoisotopic (exact) mass is 481 g/mol. The lowest BCUT2D eigenvalue weighted by Crippen LogP contribution is -2.39. The Balaban J connectivity index is 1.77. The van der Waals surface area contributed by atoms with Crippen LogP contribution in [0, 0.1) is 12.8 Å². The Morgan fingerprint density at radius 1 is 1.18 bits per heavy atom. The number of H-pyrrole nitrogens is 1. The number of hydrogen-bond acceptors (Lipinski definition) is 8. The molecular formula is C23H27N7O3S. The van der Waals surface area contributed by atoms with Crippen LogP contribution in [0.2, 0.25) is 0 Å². The molecule has 0 saturated heterocycles. The highest BCUT2D eigenvalue weighted by Crippen LogP contribution is 2.23. The molecule has 34 heavy (non-hydrogen) atoms. The summed E-state index contributed by atoms with van der Waals surface area (Å²) in [6, 6.07) is 10.9. The SMILES string of the molecule is Cc1cc(=O)n2nc(CN(CCC(C)C)c3c(N)n(Cc4ccccc4)c(=O)[nH]c3=O)sc2n1. The zero-order chi connectivity index (χ0) is 24.4. The largest absolute Gasteiger partial charge is 0.383 e.